The summed E-state index contributed by atoms with van der Waals surface area (Å²) in [6, 6.07) is 10.9. The summed E-state index contributed by atoms with van der Waals surface area (Å²) in [5.41, 5.74) is 6.18. The highest BCUT2D eigenvalue weighted by Gasteiger charge is 2.15. The molecule has 2 rings (SSSR count). The lowest BCUT2D eigenvalue weighted by Crippen LogP contribution is -2.20. The van der Waals surface area contributed by atoms with Crippen LogP contribution in [0.1, 0.15) is 34.0 Å². The first-order chi connectivity index (χ1) is 8.61. The van der Waals surface area contributed by atoms with Gasteiger partial charge in [0.05, 0.1) is 11.7 Å². The van der Waals surface area contributed by atoms with Crippen molar-refractivity contribution in [2.24, 2.45) is 0 Å². The van der Waals surface area contributed by atoms with Crippen LogP contribution in [0.3, 0.4) is 0 Å². The van der Waals surface area contributed by atoms with Gasteiger partial charge in [-0.25, -0.2) is 0 Å². The molecule has 1 atom stereocenters. The van der Waals surface area contributed by atoms with Crippen molar-refractivity contribution in [3.63, 3.8) is 0 Å². The van der Waals surface area contributed by atoms with E-state index in [1.807, 2.05) is 19.3 Å². The predicted molar refractivity (Wildman–Crippen MR) is 75.8 cm³/mol. The van der Waals surface area contributed by atoms with Gasteiger partial charge in [0.1, 0.15) is 0 Å². The molecule has 1 heterocycles. The molecule has 2 heteroatoms. The van der Waals surface area contributed by atoms with E-state index in [9.17, 15) is 0 Å². The highest BCUT2D eigenvalue weighted by molar-refractivity contribution is 5.36. The van der Waals surface area contributed by atoms with E-state index >= 15 is 0 Å². The van der Waals surface area contributed by atoms with Gasteiger partial charge in [0.15, 0.2) is 0 Å². The Morgan fingerprint density at radius 2 is 1.72 bits per heavy atom. The summed E-state index contributed by atoms with van der Waals surface area (Å²) in [4.78, 5) is 4.52. The van der Waals surface area contributed by atoms with E-state index in [-0.39, 0.29) is 6.04 Å². The molecule has 0 spiro atoms. The van der Waals surface area contributed by atoms with Crippen molar-refractivity contribution in [1.29, 1.82) is 0 Å². The highest BCUT2D eigenvalue weighted by atomic mass is 14.9. The molecule has 0 radical (unpaired) electrons. The van der Waals surface area contributed by atoms with Gasteiger partial charge in [-0.1, -0.05) is 35.4 Å². The molecule has 1 aromatic carbocycles. The standard InChI is InChI=1S/C16H20N2/c1-11-8-12(2)10-14(9-11)16(17-4)15-13(3)6-5-7-18-15/h5-10,16-17H,1-4H3. The van der Waals surface area contributed by atoms with Crippen LogP contribution in [0.4, 0.5) is 0 Å². The number of hydrogen-bond acceptors (Lipinski definition) is 2. The molecule has 0 aliphatic heterocycles. The quantitative estimate of drug-likeness (QED) is 0.890. The third-order valence-electron chi connectivity index (χ3n) is 3.19. The Labute approximate surface area is 109 Å². The Morgan fingerprint density at radius 1 is 1.06 bits per heavy atom. The summed E-state index contributed by atoms with van der Waals surface area (Å²) in [7, 11) is 1.98. The summed E-state index contributed by atoms with van der Waals surface area (Å²) in [6.45, 7) is 6.37. The zero-order valence-electron chi connectivity index (χ0n) is 11.5. The summed E-state index contributed by atoms with van der Waals surface area (Å²) in [5.74, 6) is 0. The SMILES string of the molecule is CNC(c1cc(C)cc(C)c1)c1ncccc1C. The molecule has 0 aliphatic carbocycles. The molecule has 94 valence electrons. The van der Waals surface area contributed by atoms with Gasteiger partial charge in [-0.2, -0.15) is 0 Å². The number of aryl methyl sites for hydroxylation is 3. The van der Waals surface area contributed by atoms with E-state index in [1.165, 1.54) is 22.3 Å². The normalized spacial score (nSPS) is 12.4. The first kappa shape index (κ1) is 12.8. The van der Waals surface area contributed by atoms with E-state index < -0.39 is 0 Å². The molecule has 0 aliphatic rings. The number of rotatable bonds is 3. The molecule has 2 aromatic rings. The Balaban J connectivity index is 2.48. The highest BCUT2D eigenvalue weighted by Crippen LogP contribution is 2.24. The van der Waals surface area contributed by atoms with Gasteiger partial charge in [0.25, 0.3) is 0 Å². The lowest BCUT2D eigenvalue weighted by Gasteiger charge is -2.19. The smallest absolute Gasteiger partial charge is 0.0751 e. The fraction of sp³-hybridized carbons (Fsp3) is 0.312. The fourth-order valence-corrected chi connectivity index (χ4v) is 2.44. The summed E-state index contributed by atoms with van der Waals surface area (Å²) in [5, 5.41) is 3.37. The van der Waals surface area contributed by atoms with E-state index in [0.717, 1.165) is 5.69 Å². The predicted octanol–water partition coefficient (Wildman–Crippen LogP) is 3.32. The number of nitrogens with one attached hydrogen (secondary N) is 1. The van der Waals surface area contributed by atoms with Crippen LogP contribution in [-0.2, 0) is 0 Å². The van der Waals surface area contributed by atoms with Crippen LogP contribution in [0, 0.1) is 20.8 Å². The third-order valence-corrected chi connectivity index (χ3v) is 3.19. The van der Waals surface area contributed by atoms with E-state index in [2.05, 4.69) is 55.3 Å². The maximum atomic E-state index is 4.52. The maximum Gasteiger partial charge on any atom is 0.0751 e. The van der Waals surface area contributed by atoms with Gasteiger partial charge in [-0.3, -0.25) is 4.98 Å². The van der Waals surface area contributed by atoms with Gasteiger partial charge in [-0.15, -0.1) is 0 Å². The van der Waals surface area contributed by atoms with Crippen LogP contribution in [0.25, 0.3) is 0 Å². The Bertz CT molecular complexity index is 526. The van der Waals surface area contributed by atoms with E-state index in [0.29, 0.717) is 0 Å². The second-order valence-corrected chi connectivity index (χ2v) is 4.85. The van der Waals surface area contributed by atoms with Gasteiger partial charge < -0.3 is 5.32 Å². The lowest BCUT2D eigenvalue weighted by atomic mass is 9.97. The van der Waals surface area contributed by atoms with Gasteiger partial charge in [0, 0.05) is 6.20 Å². The Morgan fingerprint density at radius 3 is 2.28 bits per heavy atom. The minimum absolute atomic E-state index is 0.157. The average molecular weight is 240 g/mol. The molecule has 0 bridgehead atoms. The van der Waals surface area contributed by atoms with Crippen LogP contribution >= 0.6 is 0 Å². The molecular formula is C16H20N2. The van der Waals surface area contributed by atoms with Crippen LogP contribution < -0.4 is 5.32 Å². The van der Waals surface area contributed by atoms with Crippen molar-refractivity contribution >= 4 is 0 Å². The number of benzene rings is 1. The van der Waals surface area contributed by atoms with E-state index in [4.69, 9.17) is 0 Å². The molecule has 0 fully saturated rings. The summed E-state index contributed by atoms with van der Waals surface area (Å²) < 4.78 is 0. The van der Waals surface area contributed by atoms with Crippen molar-refractivity contribution in [2.45, 2.75) is 26.8 Å². The van der Waals surface area contributed by atoms with Crippen molar-refractivity contribution in [3.8, 4) is 0 Å². The molecule has 2 nitrogen and oxygen atoms in total. The molecular weight excluding hydrogens is 220 g/mol. The summed E-state index contributed by atoms with van der Waals surface area (Å²) >= 11 is 0. The fourth-order valence-electron chi connectivity index (χ4n) is 2.44. The zero-order valence-corrected chi connectivity index (χ0v) is 11.5. The average Bonchev–Trinajstić information content (AvgIpc) is 2.31. The number of nitrogens with zero attached hydrogens (tertiary/aromatic N) is 1. The Hall–Kier alpha value is -1.67. The van der Waals surface area contributed by atoms with Crippen molar-refractivity contribution < 1.29 is 0 Å². The van der Waals surface area contributed by atoms with Crippen LogP contribution in [0.15, 0.2) is 36.5 Å². The monoisotopic (exact) mass is 240 g/mol. The van der Waals surface area contributed by atoms with Gasteiger partial charge in [0.2, 0.25) is 0 Å². The second-order valence-electron chi connectivity index (χ2n) is 4.85. The first-order valence-electron chi connectivity index (χ1n) is 6.29. The van der Waals surface area contributed by atoms with Gasteiger partial charge in [-0.05, 0) is 45.0 Å². The number of pyridine rings is 1. The molecule has 0 saturated carbocycles. The van der Waals surface area contributed by atoms with Crippen LogP contribution in [-0.4, -0.2) is 12.0 Å². The summed E-state index contributed by atoms with van der Waals surface area (Å²) in [6.07, 6.45) is 1.86. The second kappa shape index (κ2) is 5.32. The van der Waals surface area contributed by atoms with Crippen molar-refractivity contribution in [2.75, 3.05) is 7.05 Å². The van der Waals surface area contributed by atoms with E-state index in [1.54, 1.807) is 0 Å². The zero-order chi connectivity index (χ0) is 13.1. The van der Waals surface area contributed by atoms with Crippen molar-refractivity contribution in [1.82, 2.24) is 10.3 Å². The third kappa shape index (κ3) is 2.59. The van der Waals surface area contributed by atoms with Crippen LogP contribution in [0.2, 0.25) is 0 Å². The Kier molecular flexibility index (Phi) is 3.78. The molecule has 0 amide bonds. The first-order valence-corrected chi connectivity index (χ1v) is 6.29. The minimum atomic E-state index is 0.157. The van der Waals surface area contributed by atoms with Gasteiger partial charge >= 0.3 is 0 Å². The van der Waals surface area contributed by atoms with Crippen molar-refractivity contribution in [3.05, 3.63) is 64.5 Å². The molecule has 18 heavy (non-hydrogen) atoms. The molecule has 1 N–H and O–H groups in total. The number of hydrogen-bond donors (Lipinski definition) is 1. The van der Waals surface area contributed by atoms with Crippen LogP contribution in [0.5, 0.6) is 0 Å². The topological polar surface area (TPSA) is 24.9 Å². The number of aromatic nitrogens is 1. The largest absolute Gasteiger partial charge is 0.308 e. The molecule has 0 saturated heterocycles. The molecule has 1 aromatic heterocycles. The minimum Gasteiger partial charge on any atom is -0.308 e. The lowest BCUT2D eigenvalue weighted by molar-refractivity contribution is 0.665. The maximum absolute atomic E-state index is 4.52. The molecule has 1 unspecified atom stereocenters.